The highest BCUT2D eigenvalue weighted by Gasteiger charge is 2.26. The molecule has 2 N–H and O–H groups in total. The molecule has 3 rings (SSSR count). The number of imide groups is 1. The lowest BCUT2D eigenvalue weighted by molar-refractivity contribution is 0.0878. The first-order valence-electron chi connectivity index (χ1n) is 5.98. The van der Waals surface area contributed by atoms with Crippen LogP contribution in [0.25, 0.3) is 0 Å². The minimum absolute atomic E-state index is 0.156. The maximum absolute atomic E-state index is 12.0. The summed E-state index contributed by atoms with van der Waals surface area (Å²) < 4.78 is 0. The number of pyridine rings is 1. The highest BCUT2D eigenvalue weighted by Crippen LogP contribution is 2.20. The molecule has 0 saturated heterocycles. The molecule has 2 aromatic rings. The van der Waals surface area contributed by atoms with E-state index in [1.54, 1.807) is 18.2 Å². The van der Waals surface area contributed by atoms with Gasteiger partial charge in [-0.05, 0) is 30.3 Å². The Morgan fingerprint density at radius 3 is 2.62 bits per heavy atom. The third-order valence-electron chi connectivity index (χ3n) is 2.94. The number of rotatable bonds is 2. The summed E-state index contributed by atoms with van der Waals surface area (Å²) in [5.74, 6) is -1.38. The Bertz CT molecular complexity index is 789. The molecule has 1 aromatic carbocycles. The van der Waals surface area contributed by atoms with Crippen LogP contribution in [0.2, 0.25) is 5.15 Å². The quantitative estimate of drug-likeness (QED) is 0.655. The molecule has 0 radical (unpaired) electrons. The topological polar surface area (TPSA) is 88.2 Å². The second-order valence-electron chi connectivity index (χ2n) is 4.34. The lowest BCUT2D eigenvalue weighted by atomic mass is 10.1. The molecule has 0 spiro atoms. The van der Waals surface area contributed by atoms with Crippen LogP contribution in [0.15, 0.2) is 36.4 Å². The first-order valence-corrected chi connectivity index (χ1v) is 6.36. The second-order valence-corrected chi connectivity index (χ2v) is 4.73. The minimum atomic E-state index is -0.480. The lowest BCUT2D eigenvalue weighted by Crippen LogP contribution is -2.19. The molecular formula is C14H8ClN3O3. The molecule has 1 aliphatic heterocycles. The van der Waals surface area contributed by atoms with E-state index in [0.717, 1.165) is 0 Å². The van der Waals surface area contributed by atoms with Gasteiger partial charge in [0.25, 0.3) is 17.7 Å². The van der Waals surface area contributed by atoms with Gasteiger partial charge in [-0.2, -0.15) is 0 Å². The zero-order chi connectivity index (χ0) is 15.0. The molecule has 6 nitrogen and oxygen atoms in total. The third-order valence-corrected chi connectivity index (χ3v) is 3.15. The molecule has 0 unspecified atom stereocenters. The molecule has 0 atom stereocenters. The molecule has 1 aromatic heterocycles. The van der Waals surface area contributed by atoms with Crippen LogP contribution >= 0.6 is 11.6 Å². The summed E-state index contributed by atoms with van der Waals surface area (Å²) in [4.78, 5) is 38.9. The molecule has 21 heavy (non-hydrogen) atoms. The van der Waals surface area contributed by atoms with Gasteiger partial charge in [0.05, 0.1) is 11.1 Å². The van der Waals surface area contributed by atoms with E-state index >= 15 is 0 Å². The number of halogens is 1. The predicted molar refractivity (Wildman–Crippen MR) is 75.4 cm³/mol. The van der Waals surface area contributed by atoms with Crippen LogP contribution in [0.5, 0.6) is 0 Å². The monoisotopic (exact) mass is 301 g/mol. The van der Waals surface area contributed by atoms with Gasteiger partial charge >= 0.3 is 0 Å². The number of amides is 3. The van der Waals surface area contributed by atoms with Crippen LogP contribution in [-0.4, -0.2) is 22.7 Å². The normalized spacial score (nSPS) is 12.8. The van der Waals surface area contributed by atoms with Crippen LogP contribution in [0.4, 0.5) is 5.69 Å². The van der Waals surface area contributed by atoms with Gasteiger partial charge in [-0.1, -0.05) is 17.7 Å². The Morgan fingerprint density at radius 2 is 1.86 bits per heavy atom. The smallest absolute Gasteiger partial charge is 0.274 e. The Labute approximate surface area is 124 Å². The first-order chi connectivity index (χ1) is 10.0. The van der Waals surface area contributed by atoms with Crippen molar-refractivity contribution in [3.63, 3.8) is 0 Å². The average molecular weight is 302 g/mol. The molecule has 104 valence electrons. The lowest BCUT2D eigenvalue weighted by Gasteiger charge is -2.06. The van der Waals surface area contributed by atoms with Crippen molar-refractivity contribution in [2.24, 2.45) is 0 Å². The summed E-state index contributed by atoms with van der Waals surface area (Å²) in [6.07, 6.45) is 0. The number of anilines is 1. The molecule has 0 aliphatic carbocycles. The summed E-state index contributed by atoms with van der Waals surface area (Å²) in [6, 6.07) is 9.15. The van der Waals surface area contributed by atoms with E-state index in [9.17, 15) is 14.4 Å². The highest BCUT2D eigenvalue weighted by molar-refractivity contribution is 6.29. The fourth-order valence-electron chi connectivity index (χ4n) is 1.98. The van der Waals surface area contributed by atoms with Gasteiger partial charge in [0, 0.05) is 5.69 Å². The van der Waals surface area contributed by atoms with Crippen LogP contribution in [0.3, 0.4) is 0 Å². The van der Waals surface area contributed by atoms with Crippen LogP contribution in [0, 0.1) is 0 Å². The first kappa shape index (κ1) is 13.3. The van der Waals surface area contributed by atoms with Crippen molar-refractivity contribution >= 4 is 35.0 Å². The summed E-state index contributed by atoms with van der Waals surface area (Å²) in [7, 11) is 0. The highest BCUT2D eigenvalue weighted by atomic mass is 35.5. The van der Waals surface area contributed by atoms with E-state index in [-0.39, 0.29) is 16.4 Å². The summed E-state index contributed by atoms with van der Waals surface area (Å²) in [6.45, 7) is 0. The number of carbonyl (C=O) groups excluding carboxylic acids is 3. The number of hydrogen-bond acceptors (Lipinski definition) is 4. The fraction of sp³-hybridized carbons (Fsp3) is 0. The van der Waals surface area contributed by atoms with E-state index in [1.165, 1.54) is 18.2 Å². The molecule has 1 aliphatic rings. The molecule has 0 bridgehead atoms. The summed E-state index contributed by atoms with van der Waals surface area (Å²) in [5.41, 5.74) is 1.07. The van der Waals surface area contributed by atoms with Gasteiger partial charge in [-0.15, -0.1) is 0 Å². The molecular weight excluding hydrogens is 294 g/mol. The number of aromatic nitrogens is 1. The van der Waals surface area contributed by atoms with Gasteiger partial charge in [0.15, 0.2) is 0 Å². The largest absolute Gasteiger partial charge is 0.321 e. The molecule has 0 fully saturated rings. The number of carbonyl (C=O) groups is 3. The molecule has 3 amide bonds. The summed E-state index contributed by atoms with van der Waals surface area (Å²) >= 11 is 5.72. The van der Waals surface area contributed by atoms with E-state index in [0.29, 0.717) is 11.3 Å². The van der Waals surface area contributed by atoms with Crippen molar-refractivity contribution < 1.29 is 14.4 Å². The van der Waals surface area contributed by atoms with Crippen LogP contribution in [-0.2, 0) is 0 Å². The minimum Gasteiger partial charge on any atom is -0.321 e. The van der Waals surface area contributed by atoms with Crippen molar-refractivity contribution in [2.75, 3.05) is 5.32 Å². The Morgan fingerprint density at radius 1 is 1.10 bits per heavy atom. The maximum Gasteiger partial charge on any atom is 0.274 e. The molecule has 2 heterocycles. The predicted octanol–water partition coefficient (Wildman–Crippen LogP) is 1.87. The van der Waals surface area contributed by atoms with E-state index in [2.05, 4.69) is 15.6 Å². The van der Waals surface area contributed by atoms with Crippen LogP contribution < -0.4 is 10.6 Å². The second kappa shape index (κ2) is 4.99. The molecule has 7 heteroatoms. The van der Waals surface area contributed by atoms with Crippen molar-refractivity contribution in [3.05, 3.63) is 58.4 Å². The number of hydrogen-bond donors (Lipinski definition) is 2. The Hall–Kier alpha value is -2.73. The zero-order valence-electron chi connectivity index (χ0n) is 10.5. The third kappa shape index (κ3) is 2.48. The van der Waals surface area contributed by atoms with Gasteiger partial charge in [0.2, 0.25) is 0 Å². The Balaban J connectivity index is 1.86. The van der Waals surface area contributed by atoms with Crippen molar-refractivity contribution in [3.8, 4) is 0 Å². The zero-order valence-corrected chi connectivity index (χ0v) is 11.3. The fourth-order valence-corrected chi connectivity index (χ4v) is 2.14. The maximum atomic E-state index is 12.0. The van der Waals surface area contributed by atoms with E-state index in [1.807, 2.05) is 0 Å². The van der Waals surface area contributed by atoms with Gasteiger partial charge in [-0.25, -0.2) is 4.98 Å². The summed E-state index contributed by atoms with van der Waals surface area (Å²) in [5, 5.41) is 4.99. The SMILES string of the molecule is O=C(Nc1ccc2c(c1)C(=O)NC2=O)c1cccc(Cl)n1. The van der Waals surface area contributed by atoms with E-state index in [4.69, 9.17) is 11.6 Å². The number of benzene rings is 1. The average Bonchev–Trinajstić information content (AvgIpc) is 2.74. The van der Waals surface area contributed by atoms with Crippen molar-refractivity contribution in [1.82, 2.24) is 10.3 Å². The van der Waals surface area contributed by atoms with Crippen molar-refractivity contribution in [1.29, 1.82) is 0 Å². The van der Waals surface area contributed by atoms with Gasteiger partial charge in [0.1, 0.15) is 10.8 Å². The van der Waals surface area contributed by atoms with E-state index < -0.39 is 17.7 Å². The molecule has 0 saturated carbocycles. The number of fused-ring (bicyclic) bond motifs is 1. The van der Waals surface area contributed by atoms with Gasteiger partial charge in [-0.3, -0.25) is 19.7 Å². The standard InChI is InChI=1S/C14H8ClN3O3/c15-11-3-1-2-10(17-11)14(21)16-7-4-5-8-9(6-7)13(20)18-12(8)19/h1-6H,(H,16,21)(H,18,19,20). The Kier molecular flexibility index (Phi) is 3.15. The number of nitrogens with zero attached hydrogens (tertiary/aromatic N) is 1. The van der Waals surface area contributed by atoms with Crippen LogP contribution in [0.1, 0.15) is 31.2 Å². The number of nitrogens with one attached hydrogen (secondary N) is 2. The van der Waals surface area contributed by atoms with Crippen molar-refractivity contribution in [2.45, 2.75) is 0 Å². The van der Waals surface area contributed by atoms with Gasteiger partial charge < -0.3 is 5.32 Å².